The molecule has 1 aliphatic rings. The highest BCUT2D eigenvalue weighted by molar-refractivity contribution is 6.09. The van der Waals surface area contributed by atoms with Gasteiger partial charge in [-0.3, -0.25) is 14.6 Å². The van der Waals surface area contributed by atoms with Crippen LogP contribution in [0.3, 0.4) is 0 Å². The normalized spacial score (nSPS) is 12.6. The topological polar surface area (TPSA) is 62.3 Å². The number of carbonyl (C=O) groups is 2. The summed E-state index contributed by atoms with van der Waals surface area (Å²) in [5.74, 6) is -0.456. The SMILES string of the molecule is Cc1ccc(NC(=O)c2cc(C(=O)N3CCc4ccccc43)ccn2)cc1. The lowest BCUT2D eigenvalue weighted by molar-refractivity contribution is 0.0989. The molecule has 134 valence electrons. The number of fused-ring (bicyclic) bond motifs is 1. The highest BCUT2D eigenvalue weighted by atomic mass is 16.2. The highest BCUT2D eigenvalue weighted by Gasteiger charge is 2.25. The summed E-state index contributed by atoms with van der Waals surface area (Å²) in [6.07, 6.45) is 2.34. The third-order valence-corrected chi connectivity index (χ3v) is 4.68. The van der Waals surface area contributed by atoms with Gasteiger partial charge in [0.15, 0.2) is 0 Å². The smallest absolute Gasteiger partial charge is 0.274 e. The van der Waals surface area contributed by atoms with Crippen LogP contribution in [0.4, 0.5) is 11.4 Å². The Balaban J connectivity index is 1.55. The average Bonchev–Trinajstić information content (AvgIpc) is 3.13. The van der Waals surface area contributed by atoms with E-state index in [1.165, 1.54) is 6.20 Å². The first-order chi connectivity index (χ1) is 13.1. The van der Waals surface area contributed by atoms with Gasteiger partial charge in [0.2, 0.25) is 0 Å². The second kappa shape index (κ2) is 7.03. The third kappa shape index (κ3) is 3.44. The summed E-state index contributed by atoms with van der Waals surface area (Å²) in [4.78, 5) is 31.3. The number of hydrogen-bond acceptors (Lipinski definition) is 3. The van der Waals surface area contributed by atoms with E-state index >= 15 is 0 Å². The monoisotopic (exact) mass is 357 g/mol. The lowest BCUT2D eigenvalue weighted by Crippen LogP contribution is -2.29. The minimum Gasteiger partial charge on any atom is -0.321 e. The Bertz CT molecular complexity index is 1010. The third-order valence-electron chi connectivity index (χ3n) is 4.68. The van der Waals surface area contributed by atoms with Gasteiger partial charge in [0.25, 0.3) is 11.8 Å². The number of carbonyl (C=O) groups excluding carboxylic acids is 2. The first-order valence-corrected chi connectivity index (χ1v) is 8.86. The Kier molecular flexibility index (Phi) is 4.42. The molecule has 0 fully saturated rings. The minimum absolute atomic E-state index is 0.119. The van der Waals surface area contributed by atoms with Gasteiger partial charge in [-0.1, -0.05) is 35.9 Å². The van der Waals surface area contributed by atoms with Gasteiger partial charge in [0, 0.05) is 29.7 Å². The van der Waals surface area contributed by atoms with E-state index in [0.29, 0.717) is 17.8 Å². The van der Waals surface area contributed by atoms with E-state index in [-0.39, 0.29) is 17.5 Å². The molecule has 0 saturated carbocycles. The van der Waals surface area contributed by atoms with Crippen LogP contribution in [0, 0.1) is 6.92 Å². The zero-order chi connectivity index (χ0) is 18.8. The van der Waals surface area contributed by atoms with E-state index in [0.717, 1.165) is 23.2 Å². The maximum absolute atomic E-state index is 12.9. The molecule has 3 aromatic rings. The zero-order valence-corrected chi connectivity index (χ0v) is 15.0. The summed E-state index contributed by atoms with van der Waals surface area (Å²) < 4.78 is 0. The second-order valence-corrected chi connectivity index (χ2v) is 6.59. The van der Waals surface area contributed by atoms with Crippen LogP contribution in [-0.2, 0) is 6.42 Å². The van der Waals surface area contributed by atoms with E-state index < -0.39 is 0 Å². The first kappa shape index (κ1) is 17.0. The van der Waals surface area contributed by atoms with Crippen molar-refractivity contribution in [3.8, 4) is 0 Å². The van der Waals surface area contributed by atoms with Gasteiger partial charge in [-0.2, -0.15) is 0 Å². The van der Waals surface area contributed by atoms with Crippen molar-refractivity contribution >= 4 is 23.2 Å². The molecule has 0 spiro atoms. The summed E-state index contributed by atoms with van der Waals surface area (Å²) in [5, 5.41) is 2.81. The summed E-state index contributed by atoms with van der Waals surface area (Å²) in [5.41, 5.74) is 4.58. The van der Waals surface area contributed by atoms with Gasteiger partial charge in [0.1, 0.15) is 5.69 Å². The van der Waals surface area contributed by atoms with Crippen molar-refractivity contribution in [2.75, 3.05) is 16.8 Å². The fourth-order valence-corrected chi connectivity index (χ4v) is 3.22. The van der Waals surface area contributed by atoms with Gasteiger partial charge in [-0.05, 0) is 49.2 Å². The fourth-order valence-electron chi connectivity index (χ4n) is 3.22. The molecule has 5 heteroatoms. The van der Waals surface area contributed by atoms with Crippen molar-refractivity contribution < 1.29 is 9.59 Å². The molecule has 2 amide bonds. The molecule has 0 unspecified atom stereocenters. The number of anilines is 2. The van der Waals surface area contributed by atoms with E-state index in [9.17, 15) is 9.59 Å². The number of aromatic nitrogens is 1. The number of nitrogens with zero attached hydrogens (tertiary/aromatic N) is 2. The fraction of sp³-hybridized carbons (Fsp3) is 0.136. The zero-order valence-electron chi connectivity index (χ0n) is 15.0. The molecule has 0 radical (unpaired) electrons. The van der Waals surface area contributed by atoms with E-state index in [4.69, 9.17) is 0 Å². The summed E-state index contributed by atoms with van der Waals surface area (Å²) in [6, 6.07) is 18.6. The van der Waals surface area contributed by atoms with E-state index in [1.807, 2.05) is 55.5 Å². The average molecular weight is 357 g/mol. The predicted molar refractivity (Wildman–Crippen MR) is 105 cm³/mol. The molecule has 0 saturated heterocycles. The Labute approximate surface area is 157 Å². The molecule has 1 N–H and O–H groups in total. The van der Waals surface area contributed by atoms with Crippen LogP contribution < -0.4 is 10.2 Å². The van der Waals surface area contributed by atoms with Crippen molar-refractivity contribution in [2.45, 2.75) is 13.3 Å². The highest BCUT2D eigenvalue weighted by Crippen LogP contribution is 2.28. The van der Waals surface area contributed by atoms with E-state index in [1.54, 1.807) is 17.0 Å². The lowest BCUT2D eigenvalue weighted by Gasteiger charge is -2.17. The number of aryl methyl sites for hydroxylation is 1. The van der Waals surface area contributed by atoms with Gasteiger partial charge < -0.3 is 10.2 Å². The molecule has 0 bridgehead atoms. The maximum Gasteiger partial charge on any atom is 0.274 e. The predicted octanol–water partition coefficient (Wildman–Crippen LogP) is 3.85. The van der Waals surface area contributed by atoms with Crippen molar-refractivity contribution in [3.05, 3.63) is 89.2 Å². The van der Waals surface area contributed by atoms with Crippen molar-refractivity contribution in [1.29, 1.82) is 0 Å². The maximum atomic E-state index is 12.9. The van der Waals surface area contributed by atoms with Crippen LogP contribution in [0.5, 0.6) is 0 Å². The number of amides is 2. The van der Waals surface area contributed by atoms with Crippen LogP contribution in [0.2, 0.25) is 0 Å². The molecule has 0 aliphatic carbocycles. The Morgan fingerprint density at radius 3 is 2.63 bits per heavy atom. The van der Waals surface area contributed by atoms with Crippen molar-refractivity contribution in [3.63, 3.8) is 0 Å². The largest absolute Gasteiger partial charge is 0.321 e. The van der Waals surface area contributed by atoms with E-state index in [2.05, 4.69) is 10.3 Å². The number of hydrogen-bond donors (Lipinski definition) is 1. The van der Waals surface area contributed by atoms with Crippen molar-refractivity contribution in [1.82, 2.24) is 4.98 Å². The van der Waals surface area contributed by atoms with Crippen LogP contribution >= 0.6 is 0 Å². The molecule has 4 rings (SSSR count). The summed E-state index contributed by atoms with van der Waals surface area (Å²) >= 11 is 0. The number of benzene rings is 2. The summed E-state index contributed by atoms with van der Waals surface area (Å²) in [6.45, 7) is 2.63. The molecule has 0 atom stereocenters. The molecule has 1 aromatic heterocycles. The Morgan fingerprint density at radius 2 is 1.81 bits per heavy atom. The molecule has 1 aliphatic heterocycles. The van der Waals surface area contributed by atoms with Gasteiger partial charge in [0.05, 0.1) is 0 Å². The number of para-hydroxylation sites is 1. The van der Waals surface area contributed by atoms with Crippen LogP contribution in [0.1, 0.15) is 32.0 Å². The minimum atomic E-state index is -0.338. The second-order valence-electron chi connectivity index (χ2n) is 6.59. The molecule has 5 nitrogen and oxygen atoms in total. The molecular formula is C22H19N3O2. The number of rotatable bonds is 3. The number of nitrogens with one attached hydrogen (secondary N) is 1. The van der Waals surface area contributed by atoms with Crippen LogP contribution in [-0.4, -0.2) is 23.3 Å². The van der Waals surface area contributed by atoms with Crippen LogP contribution in [0.25, 0.3) is 0 Å². The summed E-state index contributed by atoms with van der Waals surface area (Å²) in [7, 11) is 0. The first-order valence-electron chi connectivity index (χ1n) is 8.86. The van der Waals surface area contributed by atoms with Crippen LogP contribution in [0.15, 0.2) is 66.9 Å². The van der Waals surface area contributed by atoms with Gasteiger partial charge in [-0.15, -0.1) is 0 Å². The Morgan fingerprint density at radius 1 is 1.04 bits per heavy atom. The van der Waals surface area contributed by atoms with Gasteiger partial charge in [-0.25, -0.2) is 0 Å². The van der Waals surface area contributed by atoms with Gasteiger partial charge >= 0.3 is 0 Å². The molecule has 2 aromatic carbocycles. The van der Waals surface area contributed by atoms with Crippen molar-refractivity contribution in [2.24, 2.45) is 0 Å². The Hall–Kier alpha value is -3.47. The standard InChI is InChI=1S/C22H19N3O2/c1-15-6-8-18(9-7-15)24-21(26)19-14-17(10-12-23-19)22(27)25-13-11-16-4-2-3-5-20(16)25/h2-10,12,14H,11,13H2,1H3,(H,24,26). The molecule has 27 heavy (non-hydrogen) atoms. The lowest BCUT2D eigenvalue weighted by atomic mass is 10.1. The number of pyridine rings is 1. The molecule has 2 heterocycles. The quantitative estimate of drug-likeness (QED) is 0.774. The molecular weight excluding hydrogens is 338 g/mol.